The minimum absolute atomic E-state index is 0.0285. The van der Waals surface area contributed by atoms with Gasteiger partial charge in [-0.1, -0.05) is 23.7 Å². The zero-order valence-electron chi connectivity index (χ0n) is 24.1. The SMILES string of the molecule is O=C(O)c1ccc(-c2nn(C(=O)c3c(Cl)cccc3C3(C(F)(F)F)CC3)c3c2CCC(C(=O)N2CCc4[nH]ncc4C2)C3)c(F)c1. The maximum absolute atomic E-state index is 15.4. The zero-order chi connectivity index (χ0) is 32.5. The quantitative estimate of drug-likeness (QED) is 0.265. The van der Waals surface area contributed by atoms with Crippen LogP contribution in [0.5, 0.6) is 0 Å². The number of carbonyl (C=O) groups excluding carboxylic acids is 2. The van der Waals surface area contributed by atoms with Crippen molar-refractivity contribution in [2.45, 2.75) is 56.7 Å². The summed E-state index contributed by atoms with van der Waals surface area (Å²) < 4.78 is 59.1. The van der Waals surface area contributed by atoms with E-state index in [1.807, 2.05) is 0 Å². The first-order chi connectivity index (χ1) is 21.9. The van der Waals surface area contributed by atoms with Crippen molar-refractivity contribution in [3.8, 4) is 11.3 Å². The molecule has 14 heteroatoms. The molecule has 0 saturated heterocycles. The first-order valence-corrected chi connectivity index (χ1v) is 15.1. The molecule has 2 N–H and O–H groups in total. The Morgan fingerprint density at radius 2 is 1.89 bits per heavy atom. The standard InChI is InChI=1S/C32H26ClF4N5O4/c33-22-3-1-2-21(31(9-10-31)32(35,36)37)26(22)29(44)42-25-13-16(28(43)41-11-8-24-18(15-41)14-38-39-24)4-7-20(25)27(40-42)19-6-5-17(30(45)46)12-23(19)34/h1-3,5-6,12,14,16H,4,7-11,13,15H2,(H,38,39)(H,45,46). The summed E-state index contributed by atoms with van der Waals surface area (Å²) in [7, 11) is 0. The summed E-state index contributed by atoms with van der Waals surface area (Å²) in [6.07, 6.45) is -2.15. The van der Waals surface area contributed by atoms with Gasteiger partial charge < -0.3 is 10.0 Å². The number of aromatic amines is 1. The number of halogens is 5. The van der Waals surface area contributed by atoms with Crippen molar-refractivity contribution in [1.29, 1.82) is 0 Å². The Morgan fingerprint density at radius 1 is 1.11 bits per heavy atom. The Morgan fingerprint density at radius 3 is 2.59 bits per heavy atom. The van der Waals surface area contributed by atoms with Crippen LogP contribution in [0.4, 0.5) is 17.6 Å². The molecule has 0 radical (unpaired) electrons. The fourth-order valence-corrected chi connectivity index (χ4v) is 7.05. The van der Waals surface area contributed by atoms with Gasteiger partial charge in [-0.05, 0) is 55.5 Å². The van der Waals surface area contributed by atoms with E-state index in [1.165, 1.54) is 30.3 Å². The third kappa shape index (κ3) is 4.79. The molecule has 2 aliphatic carbocycles. The van der Waals surface area contributed by atoms with Crippen molar-refractivity contribution in [2.75, 3.05) is 6.54 Å². The maximum atomic E-state index is 15.4. The number of hydrogen-bond donors (Lipinski definition) is 2. The lowest BCUT2D eigenvalue weighted by atomic mass is 9.84. The van der Waals surface area contributed by atoms with Gasteiger partial charge in [-0.25, -0.2) is 9.18 Å². The van der Waals surface area contributed by atoms with Crippen molar-refractivity contribution in [3.05, 3.63) is 92.6 Å². The summed E-state index contributed by atoms with van der Waals surface area (Å²) in [5.74, 6) is -3.87. The topological polar surface area (TPSA) is 121 Å². The lowest BCUT2D eigenvalue weighted by Gasteiger charge is -2.32. The molecule has 7 rings (SSSR count). The highest BCUT2D eigenvalue weighted by atomic mass is 35.5. The minimum Gasteiger partial charge on any atom is -0.478 e. The molecule has 2 aromatic carbocycles. The number of carboxylic acids is 1. The molecule has 238 valence electrons. The number of H-pyrrole nitrogens is 1. The van der Waals surface area contributed by atoms with E-state index in [9.17, 15) is 32.7 Å². The van der Waals surface area contributed by atoms with Crippen LogP contribution >= 0.6 is 11.6 Å². The predicted molar refractivity (Wildman–Crippen MR) is 156 cm³/mol. The largest absolute Gasteiger partial charge is 0.478 e. The second kappa shape index (κ2) is 10.8. The van der Waals surface area contributed by atoms with E-state index in [0.717, 1.165) is 22.0 Å². The lowest BCUT2D eigenvalue weighted by molar-refractivity contribution is -0.160. The van der Waals surface area contributed by atoms with Crippen molar-refractivity contribution in [3.63, 3.8) is 0 Å². The van der Waals surface area contributed by atoms with Crippen LogP contribution in [0.1, 0.15) is 68.1 Å². The minimum atomic E-state index is -4.63. The van der Waals surface area contributed by atoms with E-state index < -0.39 is 35.2 Å². The van der Waals surface area contributed by atoms with Gasteiger partial charge in [0.15, 0.2) is 0 Å². The molecule has 4 aromatic rings. The van der Waals surface area contributed by atoms with Crippen LogP contribution in [0.2, 0.25) is 5.02 Å². The van der Waals surface area contributed by atoms with Crippen LogP contribution in [0, 0.1) is 11.7 Å². The van der Waals surface area contributed by atoms with Gasteiger partial charge in [-0.3, -0.25) is 14.7 Å². The van der Waals surface area contributed by atoms with Crippen LogP contribution in [-0.4, -0.2) is 60.5 Å². The van der Waals surface area contributed by atoms with Gasteiger partial charge in [-0.2, -0.15) is 28.1 Å². The van der Waals surface area contributed by atoms with Crippen molar-refractivity contribution in [2.24, 2.45) is 5.92 Å². The fourth-order valence-electron chi connectivity index (χ4n) is 6.79. The summed E-state index contributed by atoms with van der Waals surface area (Å²) >= 11 is 6.44. The lowest BCUT2D eigenvalue weighted by Crippen LogP contribution is -2.41. The number of nitrogens with one attached hydrogen (secondary N) is 1. The predicted octanol–water partition coefficient (Wildman–Crippen LogP) is 5.74. The number of nitrogens with zero attached hydrogens (tertiary/aromatic N) is 4. The highest BCUT2D eigenvalue weighted by molar-refractivity contribution is 6.34. The summed E-state index contributed by atoms with van der Waals surface area (Å²) in [5.41, 5.74) is -0.550. The average molecular weight is 656 g/mol. The normalized spacial score (nSPS) is 18.5. The number of carboxylic acid groups (broad SMARTS) is 1. The van der Waals surface area contributed by atoms with Gasteiger partial charge in [0.1, 0.15) is 5.82 Å². The summed E-state index contributed by atoms with van der Waals surface area (Å²) in [4.78, 5) is 41.2. The number of benzene rings is 2. The molecule has 1 aliphatic heterocycles. The molecule has 1 saturated carbocycles. The highest BCUT2D eigenvalue weighted by Gasteiger charge is 2.65. The van der Waals surface area contributed by atoms with Crippen LogP contribution in [0.25, 0.3) is 11.3 Å². The number of aromatic nitrogens is 4. The van der Waals surface area contributed by atoms with Crippen LogP contribution in [0.15, 0.2) is 42.6 Å². The van der Waals surface area contributed by atoms with E-state index in [0.29, 0.717) is 31.5 Å². The van der Waals surface area contributed by atoms with Crippen LogP contribution < -0.4 is 0 Å². The van der Waals surface area contributed by atoms with Gasteiger partial charge in [0.2, 0.25) is 5.91 Å². The molecule has 0 bridgehead atoms. The second-order valence-corrected chi connectivity index (χ2v) is 12.5. The maximum Gasteiger partial charge on any atom is 0.398 e. The number of fused-ring (bicyclic) bond motifs is 2. The number of hydrogen-bond acceptors (Lipinski definition) is 5. The van der Waals surface area contributed by atoms with Gasteiger partial charge in [-0.15, -0.1) is 0 Å². The average Bonchev–Trinajstić information content (AvgIpc) is 3.58. The van der Waals surface area contributed by atoms with E-state index in [-0.39, 0.29) is 70.3 Å². The molecular weight excluding hydrogens is 630 g/mol. The van der Waals surface area contributed by atoms with Gasteiger partial charge >= 0.3 is 12.1 Å². The second-order valence-electron chi connectivity index (χ2n) is 12.1. The Balaban J connectivity index is 1.32. The van der Waals surface area contributed by atoms with E-state index >= 15 is 4.39 Å². The molecule has 3 heterocycles. The molecule has 0 spiro atoms. The third-order valence-electron chi connectivity index (χ3n) is 9.43. The first kappa shape index (κ1) is 30.2. The molecule has 1 amide bonds. The van der Waals surface area contributed by atoms with Crippen LogP contribution in [-0.2, 0) is 36.0 Å². The van der Waals surface area contributed by atoms with E-state index in [1.54, 1.807) is 11.1 Å². The van der Waals surface area contributed by atoms with Crippen molar-refractivity contribution in [1.82, 2.24) is 24.9 Å². The molecule has 46 heavy (non-hydrogen) atoms. The smallest absolute Gasteiger partial charge is 0.398 e. The molecular formula is C32H26ClF4N5O4. The number of carbonyl (C=O) groups is 3. The molecule has 2 aromatic heterocycles. The van der Waals surface area contributed by atoms with Crippen LogP contribution in [0.3, 0.4) is 0 Å². The number of alkyl halides is 3. The fraction of sp³-hybridized carbons (Fsp3) is 0.344. The Bertz CT molecular complexity index is 1930. The number of amides is 1. The van der Waals surface area contributed by atoms with Gasteiger partial charge in [0, 0.05) is 54.2 Å². The Labute approximate surface area is 264 Å². The van der Waals surface area contributed by atoms with Crippen molar-refractivity contribution < 1.29 is 37.1 Å². The monoisotopic (exact) mass is 655 g/mol. The van der Waals surface area contributed by atoms with Gasteiger partial charge in [0.05, 0.1) is 39.1 Å². The molecule has 3 aliphatic rings. The molecule has 9 nitrogen and oxygen atoms in total. The zero-order valence-corrected chi connectivity index (χ0v) is 24.9. The Kier molecular flexibility index (Phi) is 7.07. The number of rotatable bonds is 5. The summed E-state index contributed by atoms with van der Waals surface area (Å²) in [6.45, 7) is 0.825. The van der Waals surface area contributed by atoms with Gasteiger partial charge in [0.25, 0.3) is 5.91 Å². The van der Waals surface area contributed by atoms with Crippen molar-refractivity contribution >= 4 is 29.4 Å². The Hall–Kier alpha value is -4.52. The summed E-state index contributed by atoms with van der Waals surface area (Å²) in [6, 6.07) is 7.23. The molecule has 1 unspecified atom stereocenters. The number of aromatic carboxylic acids is 1. The highest BCUT2D eigenvalue weighted by Crippen LogP contribution is 2.60. The molecule has 1 fully saturated rings. The molecule has 1 atom stereocenters. The van der Waals surface area contributed by atoms with E-state index in [4.69, 9.17) is 11.6 Å². The first-order valence-electron chi connectivity index (χ1n) is 14.7. The third-order valence-corrected chi connectivity index (χ3v) is 9.75. The summed E-state index contributed by atoms with van der Waals surface area (Å²) in [5, 5.41) is 20.6. The van der Waals surface area contributed by atoms with E-state index in [2.05, 4.69) is 15.3 Å².